The van der Waals surface area contributed by atoms with Gasteiger partial charge in [-0.3, -0.25) is 0 Å². The lowest BCUT2D eigenvalue weighted by molar-refractivity contribution is 0.194. The number of rotatable bonds is 4. The maximum atomic E-state index is 12.9. The number of carbonyl (C=O) groups excluding carboxylic acids is 1. The molecule has 2 amide bonds. The summed E-state index contributed by atoms with van der Waals surface area (Å²) in [6.45, 7) is 5.65. The predicted molar refractivity (Wildman–Crippen MR) is 98.2 cm³/mol. The summed E-state index contributed by atoms with van der Waals surface area (Å²) in [6, 6.07) is 14.6. The summed E-state index contributed by atoms with van der Waals surface area (Å²) >= 11 is 0. The summed E-state index contributed by atoms with van der Waals surface area (Å²) in [5, 5.41) is 2.91. The van der Waals surface area contributed by atoms with Gasteiger partial charge in [-0.25, -0.2) is 9.18 Å². The number of nitrogens with zero attached hydrogens (tertiary/aromatic N) is 2. The Hall–Kier alpha value is -2.56. The molecule has 1 saturated heterocycles. The number of aryl methyl sites for hydroxylation is 1. The molecule has 2 aromatic carbocycles. The van der Waals surface area contributed by atoms with E-state index in [4.69, 9.17) is 0 Å². The molecule has 5 heteroatoms. The number of benzene rings is 2. The van der Waals surface area contributed by atoms with Crippen molar-refractivity contribution in [2.75, 3.05) is 31.1 Å². The zero-order chi connectivity index (χ0) is 17.6. The van der Waals surface area contributed by atoms with Gasteiger partial charge in [0.15, 0.2) is 0 Å². The normalized spacial score (nSPS) is 14.5. The largest absolute Gasteiger partial charge is 0.368 e. The van der Waals surface area contributed by atoms with Crippen LogP contribution in [0.1, 0.15) is 18.1 Å². The molecule has 1 fully saturated rings. The van der Waals surface area contributed by atoms with Crippen molar-refractivity contribution >= 4 is 11.7 Å². The summed E-state index contributed by atoms with van der Waals surface area (Å²) in [5.41, 5.74) is 3.51. The lowest BCUT2D eigenvalue weighted by atomic mass is 10.1. The van der Waals surface area contributed by atoms with Crippen molar-refractivity contribution in [1.82, 2.24) is 10.2 Å². The molecule has 0 spiro atoms. The first-order valence-electron chi connectivity index (χ1n) is 8.77. The summed E-state index contributed by atoms with van der Waals surface area (Å²) in [4.78, 5) is 16.5. The van der Waals surface area contributed by atoms with Gasteiger partial charge in [0.05, 0.1) is 0 Å². The second kappa shape index (κ2) is 8.01. The molecular weight excluding hydrogens is 317 g/mol. The SMILES string of the molecule is CCc1ccccc1N1CCN(C(=O)NCc2ccc(F)cc2)CC1. The van der Waals surface area contributed by atoms with E-state index in [-0.39, 0.29) is 11.8 Å². The Morgan fingerprint density at radius 1 is 1.04 bits per heavy atom. The predicted octanol–water partition coefficient (Wildman–Crippen LogP) is 3.42. The van der Waals surface area contributed by atoms with Gasteiger partial charge in [0.1, 0.15) is 5.82 Å². The van der Waals surface area contributed by atoms with E-state index in [0.29, 0.717) is 19.6 Å². The molecule has 3 rings (SSSR count). The molecular formula is C20H24FN3O. The van der Waals surface area contributed by atoms with E-state index in [1.807, 2.05) is 4.90 Å². The van der Waals surface area contributed by atoms with E-state index in [1.54, 1.807) is 12.1 Å². The highest BCUT2D eigenvalue weighted by atomic mass is 19.1. The van der Waals surface area contributed by atoms with Gasteiger partial charge in [0.2, 0.25) is 0 Å². The minimum atomic E-state index is -0.265. The number of hydrogen-bond donors (Lipinski definition) is 1. The number of amides is 2. The van der Waals surface area contributed by atoms with Crippen LogP contribution in [0.3, 0.4) is 0 Å². The quantitative estimate of drug-likeness (QED) is 0.925. The monoisotopic (exact) mass is 341 g/mol. The average molecular weight is 341 g/mol. The molecule has 0 aliphatic carbocycles. The Balaban J connectivity index is 1.51. The number of carbonyl (C=O) groups is 1. The molecule has 25 heavy (non-hydrogen) atoms. The number of nitrogens with one attached hydrogen (secondary N) is 1. The molecule has 0 aromatic heterocycles. The van der Waals surface area contributed by atoms with Crippen molar-refractivity contribution in [3.05, 3.63) is 65.5 Å². The Morgan fingerprint density at radius 3 is 2.40 bits per heavy atom. The van der Waals surface area contributed by atoms with Crippen LogP contribution in [-0.2, 0) is 13.0 Å². The van der Waals surface area contributed by atoms with Crippen molar-refractivity contribution in [1.29, 1.82) is 0 Å². The first-order valence-corrected chi connectivity index (χ1v) is 8.77. The minimum absolute atomic E-state index is 0.0623. The van der Waals surface area contributed by atoms with E-state index in [9.17, 15) is 9.18 Å². The molecule has 1 aliphatic rings. The summed E-state index contributed by atoms with van der Waals surface area (Å²) in [6.07, 6.45) is 1.01. The van der Waals surface area contributed by atoms with Crippen LogP contribution in [-0.4, -0.2) is 37.1 Å². The topological polar surface area (TPSA) is 35.6 Å². The van der Waals surface area contributed by atoms with Gasteiger partial charge in [-0.1, -0.05) is 37.3 Å². The van der Waals surface area contributed by atoms with E-state index >= 15 is 0 Å². The van der Waals surface area contributed by atoms with Crippen LogP contribution in [0.5, 0.6) is 0 Å². The fourth-order valence-electron chi connectivity index (χ4n) is 3.16. The molecule has 132 valence electrons. The number of halogens is 1. The van der Waals surface area contributed by atoms with Crippen LogP contribution in [0, 0.1) is 5.82 Å². The van der Waals surface area contributed by atoms with Crippen molar-refractivity contribution < 1.29 is 9.18 Å². The fourth-order valence-corrected chi connectivity index (χ4v) is 3.16. The number of hydrogen-bond acceptors (Lipinski definition) is 2. The summed E-state index contributed by atoms with van der Waals surface area (Å²) in [7, 11) is 0. The third kappa shape index (κ3) is 4.29. The van der Waals surface area contributed by atoms with E-state index < -0.39 is 0 Å². The Labute approximate surface area is 148 Å². The van der Waals surface area contributed by atoms with Crippen LogP contribution in [0.15, 0.2) is 48.5 Å². The molecule has 0 unspecified atom stereocenters. The molecule has 0 bridgehead atoms. The van der Waals surface area contributed by atoms with E-state index in [1.165, 1.54) is 23.4 Å². The van der Waals surface area contributed by atoms with Gasteiger partial charge in [-0.05, 0) is 35.7 Å². The molecule has 2 aromatic rings. The third-order valence-corrected chi connectivity index (χ3v) is 4.64. The van der Waals surface area contributed by atoms with Crippen LogP contribution in [0.4, 0.5) is 14.9 Å². The van der Waals surface area contributed by atoms with E-state index in [0.717, 1.165) is 25.1 Å². The second-order valence-electron chi connectivity index (χ2n) is 6.24. The summed E-state index contributed by atoms with van der Waals surface area (Å²) < 4.78 is 12.9. The maximum Gasteiger partial charge on any atom is 0.317 e. The number of piperazine rings is 1. The average Bonchev–Trinajstić information content (AvgIpc) is 2.67. The number of urea groups is 1. The molecule has 1 heterocycles. The lowest BCUT2D eigenvalue weighted by Crippen LogP contribution is -2.51. The van der Waals surface area contributed by atoms with Crippen LogP contribution in [0.2, 0.25) is 0 Å². The smallest absolute Gasteiger partial charge is 0.317 e. The molecule has 1 aliphatic heterocycles. The van der Waals surface area contributed by atoms with Gasteiger partial charge in [0.25, 0.3) is 0 Å². The molecule has 0 saturated carbocycles. The Morgan fingerprint density at radius 2 is 1.72 bits per heavy atom. The number of anilines is 1. The number of para-hydroxylation sites is 1. The van der Waals surface area contributed by atoms with Crippen molar-refractivity contribution in [3.8, 4) is 0 Å². The first kappa shape index (κ1) is 17.3. The zero-order valence-electron chi connectivity index (χ0n) is 14.5. The minimum Gasteiger partial charge on any atom is -0.368 e. The van der Waals surface area contributed by atoms with Gasteiger partial charge >= 0.3 is 6.03 Å². The standard InChI is InChI=1S/C20H24FN3O/c1-2-17-5-3-4-6-19(17)23-11-13-24(14-12-23)20(25)22-15-16-7-9-18(21)10-8-16/h3-10H,2,11-15H2,1H3,(H,22,25). The lowest BCUT2D eigenvalue weighted by Gasteiger charge is -2.37. The maximum absolute atomic E-state index is 12.9. The fraction of sp³-hybridized carbons (Fsp3) is 0.350. The van der Waals surface area contributed by atoms with E-state index in [2.05, 4.69) is 41.4 Å². The van der Waals surface area contributed by atoms with Crippen LogP contribution < -0.4 is 10.2 Å². The molecule has 4 nitrogen and oxygen atoms in total. The second-order valence-corrected chi connectivity index (χ2v) is 6.24. The molecule has 0 atom stereocenters. The van der Waals surface area contributed by atoms with Gasteiger partial charge < -0.3 is 15.1 Å². The third-order valence-electron chi connectivity index (χ3n) is 4.64. The van der Waals surface area contributed by atoms with Crippen LogP contribution >= 0.6 is 0 Å². The van der Waals surface area contributed by atoms with Crippen LogP contribution in [0.25, 0.3) is 0 Å². The highest BCUT2D eigenvalue weighted by molar-refractivity contribution is 5.74. The van der Waals surface area contributed by atoms with Gasteiger partial charge in [0, 0.05) is 38.4 Å². The highest BCUT2D eigenvalue weighted by Crippen LogP contribution is 2.22. The molecule has 0 radical (unpaired) electrons. The zero-order valence-corrected chi connectivity index (χ0v) is 14.5. The van der Waals surface area contributed by atoms with Gasteiger partial charge in [-0.2, -0.15) is 0 Å². The summed E-state index contributed by atoms with van der Waals surface area (Å²) in [5.74, 6) is -0.265. The Bertz CT molecular complexity index is 709. The molecule has 1 N–H and O–H groups in total. The van der Waals surface area contributed by atoms with Crippen molar-refractivity contribution in [3.63, 3.8) is 0 Å². The van der Waals surface area contributed by atoms with Crippen molar-refractivity contribution in [2.45, 2.75) is 19.9 Å². The van der Waals surface area contributed by atoms with Crippen molar-refractivity contribution in [2.24, 2.45) is 0 Å². The van der Waals surface area contributed by atoms with Gasteiger partial charge in [-0.15, -0.1) is 0 Å². The first-order chi connectivity index (χ1) is 12.2. The Kier molecular flexibility index (Phi) is 5.53. The highest BCUT2D eigenvalue weighted by Gasteiger charge is 2.22.